The fourth-order valence-corrected chi connectivity index (χ4v) is 8.96. The average molecular weight is 912 g/mol. The molecule has 0 aromatic heterocycles. The van der Waals surface area contributed by atoms with Crippen LogP contribution in [0.25, 0.3) is 0 Å². The molecule has 0 aliphatic rings. The van der Waals surface area contributed by atoms with Crippen molar-refractivity contribution in [3.8, 4) is 0 Å². The summed E-state index contributed by atoms with van der Waals surface area (Å²) < 4.78 is 0. The monoisotopic (exact) mass is 910 g/mol. The summed E-state index contributed by atoms with van der Waals surface area (Å²) in [7, 11) is 0. The van der Waals surface area contributed by atoms with Crippen LogP contribution in [-0.2, 0) is 0 Å². The standard InChI is InChI=1S/3C14H30S2.Sb.3H/c3*1-2-3-4-5-6-7-8-9-10-11-13-16-14-12-15;;;;/h3*15H,2-14H2,1H3;;;;. The molecule has 0 N–H and O–H groups in total. The summed E-state index contributed by atoms with van der Waals surface area (Å²) in [6, 6.07) is 0. The average Bonchev–Trinajstić information content (AvgIpc) is 3.10. The summed E-state index contributed by atoms with van der Waals surface area (Å²) in [5.41, 5.74) is 0. The predicted molar refractivity (Wildman–Crippen MR) is 259 cm³/mol. The summed E-state index contributed by atoms with van der Waals surface area (Å²) in [6.07, 6.45) is 43.2. The normalized spacial score (nSPS) is 10.7. The van der Waals surface area contributed by atoms with Gasteiger partial charge in [0.15, 0.2) is 0 Å². The van der Waals surface area contributed by atoms with Gasteiger partial charge in [0, 0.05) is 17.3 Å². The molecule has 0 atom stereocenters. The molecule has 0 aliphatic heterocycles. The van der Waals surface area contributed by atoms with Gasteiger partial charge in [0.1, 0.15) is 0 Å². The van der Waals surface area contributed by atoms with Crippen LogP contribution in [0.1, 0.15) is 213 Å². The molecule has 0 amide bonds. The van der Waals surface area contributed by atoms with E-state index < -0.39 is 0 Å². The molecule has 49 heavy (non-hydrogen) atoms. The van der Waals surface area contributed by atoms with Crippen molar-refractivity contribution in [1.29, 1.82) is 0 Å². The number of hydrogen-bond donors (Lipinski definition) is 3. The quantitative estimate of drug-likeness (QED) is 0.0320. The first-order valence-electron chi connectivity index (χ1n) is 21.3. The first-order chi connectivity index (χ1) is 23.7. The van der Waals surface area contributed by atoms with E-state index in [1.54, 1.807) is 0 Å². The molecule has 0 aromatic rings. The second-order valence-corrected chi connectivity index (χ2v) is 18.6. The third kappa shape index (κ3) is 69.3. The Balaban J connectivity index is -0.000000307. The first-order valence-corrected chi connectivity index (χ1v) is 26.7. The number of rotatable bonds is 39. The van der Waals surface area contributed by atoms with Crippen LogP contribution >= 0.6 is 73.2 Å². The van der Waals surface area contributed by atoms with Gasteiger partial charge in [0.25, 0.3) is 0 Å². The Morgan fingerprint density at radius 2 is 0.408 bits per heavy atom. The SMILES string of the molecule is CCCCCCCCCCCCSCCS.CCCCCCCCCCCCSCCS.CCCCCCCCCCCCSCCS.[SbH3]. The Labute approximate surface area is 359 Å². The molecule has 0 unspecified atom stereocenters. The van der Waals surface area contributed by atoms with Gasteiger partial charge in [-0.25, -0.2) is 0 Å². The molecule has 7 heteroatoms. The first kappa shape index (κ1) is 58.6. The van der Waals surface area contributed by atoms with Gasteiger partial charge >= 0.3 is 24.4 Å². The van der Waals surface area contributed by atoms with Crippen LogP contribution in [0.2, 0.25) is 0 Å². The van der Waals surface area contributed by atoms with Crippen LogP contribution in [0.4, 0.5) is 0 Å². The summed E-state index contributed by atoms with van der Waals surface area (Å²) in [5.74, 6) is 10.8. The Bertz CT molecular complexity index is 378. The molecule has 302 valence electrons. The van der Waals surface area contributed by atoms with Crippen LogP contribution in [0.3, 0.4) is 0 Å². The Morgan fingerprint density at radius 3 is 0.571 bits per heavy atom. The second-order valence-electron chi connectivity index (χ2n) is 13.6. The molecule has 0 bridgehead atoms. The van der Waals surface area contributed by atoms with E-state index in [0.717, 1.165) is 17.3 Å². The van der Waals surface area contributed by atoms with Crippen LogP contribution in [0.15, 0.2) is 0 Å². The molecule has 0 rings (SSSR count). The molecule has 0 heterocycles. The summed E-state index contributed by atoms with van der Waals surface area (Å²) in [6.45, 7) is 6.85. The van der Waals surface area contributed by atoms with Crippen molar-refractivity contribution < 1.29 is 0 Å². The zero-order valence-electron chi connectivity index (χ0n) is 33.9. The minimum absolute atomic E-state index is 0. The van der Waals surface area contributed by atoms with E-state index in [4.69, 9.17) is 0 Å². The van der Waals surface area contributed by atoms with E-state index in [1.165, 1.54) is 227 Å². The third-order valence-corrected chi connectivity index (χ3v) is 13.4. The predicted octanol–water partition coefficient (Wildman–Crippen LogP) is 15.5. The molecule has 0 aliphatic carbocycles. The molecule has 0 fully saturated rings. The summed E-state index contributed by atoms with van der Waals surface area (Å²) in [4.78, 5) is 0. The van der Waals surface area contributed by atoms with Gasteiger partial charge < -0.3 is 0 Å². The van der Waals surface area contributed by atoms with E-state index in [0.29, 0.717) is 0 Å². The molecule has 0 radical (unpaired) electrons. The topological polar surface area (TPSA) is 0 Å². The molecule has 0 aromatic carbocycles. The van der Waals surface area contributed by atoms with Crippen molar-refractivity contribution >= 4 is 97.6 Å². The van der Waals surface area contributed by atoms with Crippen molar-refractivity contribution in [2.45, 2.75) is 213 Å². The van der Waals surface area contributed by atoms with Crippen molar-refractivity contribution in [3.63, 3.8) is 0 Å². The van der Waals surface area contributed by atoms with Crippen molar-refractivity contribution in [2.75, 3.05) is 51.8 Å². The van der Waals surface area contributed by atoms with Crippen LogP contribution in [-0.4, -0.2) is 76.2 Å². The fraction of sp³-hybridized carbons (Fsp3) is 1.00. The second kappa shape index (κ2) is 62.9. The van der Waals surface area contributed by atoms with E-state index in [9.17, 15) is 0 Å². The van der Waals surface area contributed by atoms with Gasteiger partial charge in [-0.05, 0) is 53.8 Å². The van der Waals surface area contributed by atoms with E-state index in [1.807, 2.05) is 0 Å². The number of unbranched alkanes of at least 4 members (excludes halogenated alkanes) is 27. The summed E-state index contributed by atoms with van der Waals surface area (Å²) >= 11 is 18.8. The maximum atomic E-state index is 4.21. The minimum atomic E-state index is 0. The molecule has 0 saturated carbocycles. The van der Waals surface area contributed by atoms with Crippen molar-refractivity contribution in [3.05, 3.63) is 0 Å². The molecule has 0 spiro atoms. The number of thiol groups is 3. The molecule has 0 saturated heterocycles. The van der Waals surface area contributed by atoms with Crippen LogP contribution in [0, 0.1) is 0 Å². The fourth-order valence-electron chi connectivity index (χ4n) is 5.57. The summed E-state index contributed by atoms with van der Waals surface area (Å²) in [5, 5.41) is 0. The molecular weight excluding hydrogens is 819 g/mol. The number of hydrogen-bond acceptors (Lipinski definition) is 6. The van der Waals surface area contributed by atoms with Crippen molar-refractivity contribution in [2.24, 2.45) is 0 Å². The van der Waals surface area contributed by atoms with Gasteiger partial charge in [-0.1, -0.05) is 194 Å². The zero-order valence-corrected chi connectivity index (χ0v) is 43.0. The zero-order chi connectivity index (χ0) is 35.7. The van der Waals surface area contributed by atoms with Crippen molar-refractivity contribution in [1.82, 2.24) is 0 Å². The van der Waals surface area contributed by atoms with E-state index in [-0.39, 0.29) is 24.4 Å². The molecular formula is C42H93S6Sb. The van der Waals surface area contributed by atoms with Gasteiger partial charge in [-0.15, -0.1) is 0 Å². The van der Waals surface area contributed by atoms with Crippen LogP contribution in [0.5, 0.6) is 0 Å². The Morgan fingerprint density at radius 1 is 0.245 bits per heavy atom. The Kier molecular flexibility index (Phi) is 75.2. The number of thioether (sulfide) groups is 3. The van der Waals surface area contributed by atoms with Crippen LogP contribution < -0.4 is 0 Å². The van der Waals surface area contributed by atoms with Gasteiger partial charge in [-0.3, -0.25) is 0 Å². The van der Waals surface area contributed by atoms with E-state index in [2.05, 4.69) is 93.9 Å². The van der Waals surface area contributed by atoms with Gasteiger partial charge in [0.05, 0.1) is 0 Å². The molecule has 0 nitrogen and oxygen atoms in total. The van der Waals surface area contributed by atoms with Gasteiger partial charge in [0.2, 0.25) is 0 Å². The Hall–Kier alpha value is 2.92. The van der Waals surface area contributed by atoms with E-state index >= 15 is 0 Å². The van der Waals surface area contributed by atoms with Gasteiger partial charge in [-0.2, -0.15) is 73.2 Å². The third-order valence-electron chi connectivity index (χ3n) is 8.63. The maximum absolute atomic E-state index is 4.21.